The number of fused-ring (bicyclic) bond motifs is 4. The summed E-state index contributed by atoms with van der Waals surface area (Å²) in [6, 6.07) is 8.64. The number of benzene rings is 1. The van der Waals surface area contributed by atoms with Crippen molar-refractivity contribution in [3.63, 3.8) is 0 Å². The molecule has 2 aliphatic heterocycles. The molecule has 3 heterocycles. The van der Waals surface area contributed by atoms with E-state index in [4.69, 9.17) is 16.3 Å². The van der Waals surface area contributed by atoms with Gasteiger partial charge in [0.2, 0.25) is 0 Å². The number of aromatic amines is 1. The number of nitrogens with zero attached hydrogens (tertiary/aromatic N) is 1. The second-order valence-electron chi connectivity index (χ2n) is 5.49. The molecule has 2 bridgehead atoms. The summed E-state index contributed by atoms with van der Waals surface area (Å²) in [5.74, 6) is 0. The molecule has 0 saturated carbocycles. The number of hydrogen-bond donors (Lipinski definition) is 2. The molecular weight excluding hydrogens is 306 g/mol. The van der Waals surface area contributed by atoms with Crippen molar-refractivity contribution >= 4 is 23.4 Å². The van der Waals surface area contributed by atoms with Crippen molar-refractivity contribution in [1.29, 1.82) is 0 Å². The number of aromatic nitrogens is 2. The van der Waals surface area contributed by atoms with Gasteiger partial charge < -0.3 is 10.1 Å². The largest absolute Gasteiger partial charge is 0.365 e. The summed E-state index contributed by atoms with van der Waals surface area (Å²) < 4.78 is 6.10. The van der Waals surface area contributed by atoms with Crippen molar-refractivity contribution in [3.05, 3.63) is 46.7 Å². The molecule has 0 spiro atoms. The van der Waals surface area contributed by atoms with Gasteiger partial charge in [-0.3, -0.25) is 5.10 Å². The highest BCUT2D eigenvalue weighted by Gasteiger charge is 2.33. The van der Waals surface area contributed by atoms with Crippen LogP contribution in [0, 0.1) is 0 Å². The second kappa shape index (κ2) is 5.65. The first kappa shape index (κ1) is 13.6. The lowest BCUT2D eigenvalue weighted by atomic mass is 9.96. The molecule has 1 saturated heterocycles. The van der Waals surface area contributed by atoms with Gasteiger partial charge in [-0.1, -0.05) is 23.4 Å². The zero-order valence-corrected chi connectivity index (χ0v) is 13.0. The third-order valence-electron chi connectivity index (χ3n) is 4.02. The van der Waals surface area contributed by atoms with Gasteiger partial charge in [0.15, 0.2) is 0 Å². The lowest BCUT2D eigenvalue weighted by Gasteiger charge is -2.27. The highest BCUT2D eigenvalue weighted by Crippen LogP contribution is 2.35. The molecule has 3 unspecified atom stereocenters. The van der Waals surface area contributed by atoms with Crippen LogP contribution in [0.15, 0.2) is 35.4 Å². The van der Waals surface area contributed by atoms with E-state index in [2.05, 4.69) is 15.5 Å². The van der Waals surface area contributed by atoms with Gasteiger partial charge in [-0.2, -0.15) is 5.10 Å². The summed E-state index contributed by atoms with van der Waals surface area (Å²) in [5, 5.41) is 11.7. The first-order valence-electron chi connectivity index (χ1n) is 7.10. The van der Waals surface area contributed by atoms with Crippen LogP contribution in [0.5, 0.6) is 0 Å². The maximum absolute atomic E-state index is 6.10. The van der Waals surface area contributed by atoms with E-state index >= 15 is 0 Å². The Morgan fingerprint density at radius 2 is 2.14 bits per heavy atom. The molecule has 4 nitrogen and oxygen atoms in total. The molecule has 0 radical (unpaired) electrons. The molecule has 1 aromatic carbocycles. The molecule has 4 rings (SSSR count). The van der Waals surface area contributed by atoms with E-state index < -0.39 is 0 Å². The minimum absolute atomic E-state index is 0.172. The first-order valence-corrected chi connectivity index (χ1v) is 8.36. The summed E-state index contributed by atoms with van der Waals surface area (Å²) in [7, 11) is 0. The highest BCUT2D eigenvalue weighted by molar-refractivity contribution is 7.99. The number of ether oxygens (including phenoxy) is 1. The van der Waals surface area contributed by atoms with Crippen LogP contribution in [0.3, 0.4) is 0 Å². The van der Waals surface area contributed by atoms with Crippen LogP contribution in [0.2, 0.25) is 5.02 Å². The molecule has 1 aromatic heterocycles. The predicted octanol–water partition coefficient (Wildman–Crippen LogP) is 3.16. The molecule has 2 aromatic rings. The summed E-state index contributed by atoms with van der Waals surface area (Å²) in [6.07, 6.45) is 3.90. The van der Waals surface area contributed by atoms with E-state index in [0.717, 1.165) is 17.9 Å². The topological polar surface area (TPSA) is 49.9 Å². The van der Waals surface area contributed by atoms with Crippen molar-refractivity contribution in [2.75, 3.05) is 6.61 Å². The Labute approximate surface area is 132 Å². The minimum Gasteiger partial charge on any atom is -0.365 e. The van der Waals surface area contributed by atoms with E-state index in [0.29, 0.717) is 12.6 Å². The van der Waals surface area contributed by atoms with Gasteiger partial charge in [-0.15, -0.1) is 0 Å². The van der Waals surface area contributed by atoms with Gasteiger partial charge in [-0.25, -0.2) is 0 Å². The van der Waals surface area contributed by atoms with Gasteiger partial charge in [0.1, 0.15) is 5.44 Å². The maximum Gasteiger partial charge on any atom is 0.109 e. The van der Waals surface area contributed by atoms with Gasteiger partial charge in [-0.05, 0) is 30.7 Å². The molecular formula is C15H16ClN3OS. The Morgan fingerprint density at radius 1 is 1.29 bits per heavy atom. The number of nitrogens with one attached hydrogen (secondary N) is 2. The van der Waals surface area contributed by atoms with Crippen LogP contribution in [-0.4, -0.2) is 28.3 Å². The Balaban J connectivity index is 1.48. The zero-order chi connectivity index (χ0) is 14.2. The maximum atomic E-state index is 6.10. The highest BCUT2D eigenvalue weighted by atomic mass is 35.5. The van der Waals surface area contributed by atoms with Gasteiger partial charge in [0, 0.05) is 33.6 Å². The number of hydrogen-bond acceptors (Lipinski definition) is 4. The van der Waals surface area contributed by atoms with Crippen molar-refractivity contribution in [2.24, 2.45) is 0 Å². The standard InChI is InChI=1S/C15H16ClN3OS/c16-9-1-3-11(4-2-9)21-15-6-10-5-13-12(7-17-19-13)14(18-10)8-20-15/h1-4,7,10,14-15,18H,5-6,8H2,(H,17,19). The molecule has 0 amide bonds. The summed E-state index contributed by atoms with van der Waals surface area (Å²) in [4.78, 5) is 1.20. The van der Waals surface area contributed by atoms with Crippen LogP contribution < -0.4 is 5.32 Å². The van der Waals surface area contributed by atoms with Crippen molar-refractivity contribution in [2.45, 2.75) is 35.3 Å². The lowest BCUT2D eigenvalue weighted by molar-refractivity contribution is 0.108. The third kappa shape index (κ3) is 2.83. The number of H-pyrrole nitrogens is 1. The summed E-state index contributed by atoms with van der Waals surface area (Å²) >= 11 is 7.70. The summed E-state index contributed by atoms with van der Waals surface area (Å²) in [5.41, 5.74) is 2.68. The lowest BCUT2D eigenvalue weighted by Crippen LogP contribution is -2.39. The molecule has 2 aliphatic rings. The fraction of sp³-hybridized carbons (Fsp3) is 0.400. The summed E-state index contributed by atoms with van der Waals surface area (Å²) in [6.45, 7) is 0.689. The van der Waals surface area contributed by atoms with Crippen molar-refractivity contribution in [1.82, 2.24) is 15.5 Å². The molecule has 110 valence electrons. The Morgan fingerprint density at radius 3 is 3.00 bits per heavy atom. The monoisotopic (exact) mass is 321 g/mol. The fourth-order valence-corrected chi connectivity index (χ4v) is 4.20. The average Bonchev–Trinajstić information content (AvgIpc) is 2.88. The van der Waals surface area contributed by atoms with E-state index in [9.17, 15) is 0 Å². The third-order valence-corrected chi connectivity index (χ3v) is 5.41. The van der Waals surface area contributed by atoms with Crippen molar-refractivity contribution < 1.29 is 4.74 Å². The number of thioether (sulfide) groups is 1. The normalized spacial score (nSPS) is 28.0. The Kier molecular flexibility index (Phi) is 3.67. The minimum atomic E-state index is 0.172. The predicted molar refractivity (Wildman–Crippen MR) is 83.6 cm³/mol. The van der Waals surface area contributed by atoms with Crippen molar-refractivity contribution in [3.8, 4) is 0 Å². The Bertz CT molecular complexity index is 630. The molecule has 6 heteroatoms. The van der Waals surface area contributed by atoms with Crippen LogP contribution in [0.4, 0.5) is 0 Å². The van der Waals surface area contributed by atoms with Gasteiger partial charge in [0.25, 0.3) is 0 Å². The van der Waals surface area contributed by atoms with E-state index in [1.165, 1.54) is 16.2 Å². The van der Waals surface area contributed by atoms with Crippen LogP contribution >= 0.6 is 23.4 Å². The number of rotatable bonds is 2. The fourth-order valence-electron chi connectivity index (χ4n) is 3.01. The van der Waals surface area contributed by atoms with Gasteiger partial charge >= 0.3 is 0 Å². The number of halogens is 1. The van der Waals surface area contributed by atoms with Crippen LogP contribution in [0.1, 0.15) is 23.7 Å². The zero-order valence-electron chi connectivity index (χ0n) is 11.4. The molecule has 1 fully saturated rings. The Hall–Kier alpha value is -1.01. The molecule has 2 N–H and O–H groups in total. The van der Waals surface area contributed by atoms with E-state index in [1.807, 2.05) is 30.5 Å². The quantitative estimate of drug-likeness (QED) is 0.892. The van der Waals surface area contributed by atoms with Crippen LogP contribution in [0.25, 0.3) is 0 Å². The van der Waals surface area contributed by atoms with E-state index in [1.54, 1.807) is 11.8 Å². The molecule has 21 heavy (non-hydrogen) atoms. The van der Waals surface area contributed by atoms with Crippen LogP contribution in [-0.2, 0) is 11.2 Å². The van der Waals surface area contributed by atoms with E-state index in [-0.39, 0.29) is 11.5 Å². The SMILES string of the molecule is Clc1ccc(SC2CC3Cc4[nH]ncc4C(CO2)N3)cc1. The second-order valence-corrected chi connectivity index (χ2v) is 7.16. The molecule has 0 aliphatic carbocycles. The van der Waals surface area contributed by atoms with Gasteiger partial charge in [0.05, 0.1) is 18.8 Å². The first-order chi connectivity index (χ1) is 10.3. The smallest absolute Gasteiger partial charge is 0.109 e. The molecule has 3 atom stereocenters. The average molecular weight is 322 g/mol.